The molecule has 0 heterocycles. The van der Waals surface area contributed by atoms with Gasteiger partial charge in [0.05, 0.1) is 5.75 Å². The Kier molecular flexibility index (Phi) is 13.5. The van der Waals surface area contributed by atoms with Crippen LogP contribution >= 0.6 is 11.8 Å². The smallest absolute Gasteiger partial charge is 0.276 e. The lowest BCUT2D eigenvalue weighted by Crippen LogP contribution is -2.16. The summed E-state index contributed by atoms with van der Waals surface area (Å²) in [5.74, 6) is -0.374. The molecule has 0 aliphatic rings. The number of hydrogen-bond acceptors (Lipinski definition) is 4. The van der Waals surface area contributed by atoms with Crippen LogP contribution in [0.3, 0.4) is 0 Å². The number of rotatable bonds is 4. The van der Waals surface area contributed by atoms with Gasteiger partial charge in [0.25, 0.3) is 5.24 Å². The molecule has 0 spiro atoms. The number of hydrogen-bond donors (Lipinski definition) is 2. The molecule has 0 bridgehead atoms. The lowest BCUT2D eigenvalue weighted by Gasteiger charge is -2.04. The minimum Gasteiger partial charge on any atom is -0.361 e. The van der Waals surface area contributed by atoms with E-state index in [1.54, 1.807) is 24.3 Å². The maximum absolute atomic E-state index is 11.3. The Morgan fingerprint density at radius 2 is 1.52 bits per heavy atom. The summed E-state index contributed by atoms with van der Waals surface area (Å²) >= 11 is 0.739. The van der Waals surface area contributed by atoms with Crippen molar-refractivity contribution < 1.29 is 14.4 Å². The molecule has 1 aromatic rings. The number of Topliss-reactive ketones (excluding diaryl/α,β-unsaturated/α-hetero) is 1. The first-order valence-electron chi connectivity index (χ1n) is 6.82. The normalized spacial score (nSPS) is 8.43. The van der Waals surface area contributed by atoms with Gasteiger partial charge in [0.1, 0.15) is 0 Å². The van der Waals surface area contributed by atoms with E-state index < -0.39 is 5.24 Å². The van der Waals surface area contributed by atoms with Crippen molar-refractivity contribution in [1.29, 1.82) is 0 Å². The molecule has 0 saturated carbocycles. The summed E-state index contributed by atoms with van der Waals surface area (Å²) in [4.78, 5) is 32.8. The number of amides is 2. The molecular weight excluding hydrogens is 288 g/mol. The lowest BCUT2D eigenvalue weighted by atomic mass is 10.1. The molecule has 0 aliphatic heterocycles. The summed E-state index contributed by atoms with van der Waals surface area (Å²) in [6, 6.07) is 6.51. The molecule has 0 fully saturated rings. The molecule has 0 atom stereocenters. The quantitative estimate of drug-likeness (QED) is 0.830. The van der Waals surface area contributed by atoms with E-state index in [1.807, 2.05) is 27.7 Å². The molecule has 0 aromatic heterocycles. The van der Waals surface area contributed by atoms with Gasteiger partial charge in [-0.1, -0.05) is 39.5 Å². The van der Waals surface area contributed by atoms with E-state index >= 15 is 0 Å². The van der Waals surface area contributed by atoms with Crippen LogP contribution in [0.2, 0.25) is 0 Å². The number of anilines is 1. The highest BCUT2D eigenvalue weighted by atomic mass is 32.2. The van der Waals surface area contributed by atoms with E-state index in [1.165, 1.54) is 6.92 Å². The Morgan fingerprint density at radius 1 is 1.05 bits per heavy atom. The fourth-order valence-corrected chi connectivity index (χ4v) is 1.47. The second-order valence-electron chi connectivity index (χ2n) is 3.29. The molecule has 0 aliphatic carbocycles. The van der Waals surface area contributed by atoms with E-state index in [9.17, 15) is 14.4 Å². The third-order valence-electron chi connectivity index (χ3n) is 1.92. The molecule has 0 unspecified atom stereocenters. The van der Waals surface area contributed by atoms with Gasteiger partial charge in [0, 0.05) is 11.3 Å². The summed E-state index contributed by atoms with van der Waals surface area (Å²) in [5.41, 5.74) is 6.05. The monoisotopic (exact) mass is 312 g/mol. The molecule has 3 N–H and O–H groups in total. The van der Waals surface area contributed by atoms with Crippen LogP contribution < -0.4 is 11.1 Å². The SMILES string of the molecule is CC.CC.CC(=O)c1ccc(NC(=O)CSC(N)=O)cc1. The van der Waals surface area contributed by atoms with E-state index in [0.717, 1.165) is 11.8 Å². The van der Waals surface area contributed by atoms with Gasteiger partial charge < -0.3 is 11.1 Å². The van der Waals surface area contributed by atoms with Crippen LogP contribution in [0.1, 0.15) is 45.0 Å². The van der Waals surface area contributed by atoms with Crippen molar-refractivity contribution in [1.82, 2.24) is 0 Å². The summed E-state index contributed by atoms with van der Waals surface area (Å²) < 4.78 is 0. The van der Waals surface area contributed by atoms with Crippen LogP contribution in [-0.2, 0) is 4.79 Å². The number of benzene rings is 1. The van der Waals surface area contributed by atoms with E-state index in [0.29, 0.717) is 11.3 Å². The van der Waals surface area contributed by atoms with Crippen LogP contribution in [0, 0.1) is 0 Å². The van der Waals surface area contributed by atoms with Gasteiger partial charge in [-0.05, 0) is 31.2 Å². The number of ketones is 1. The molecule has 118 valence electrons. The maximum atomic E-state index is 11.3. The second-order valence-corrected chi connectivity index (χ2v) is 4.27. The van der Waals surface area contributed by atoms with Crippen molar-refractivity contribution in [3.63, 3.8) is 0 Å². The van der Waals surface area contributed by atoms with Crippen molar-refractivity contribution >= 4 is 34.4 Å². The predicted molar refractivity (Wildman–Crippen MR) is 89.8 cm³/mol. The lowest BCUT2D eigenvalue weighted by molar-refractivity contribution is -0.113. The Hall–Kier alpha value is -1.82. The van der Waals surface area contributed by atoms with Crippen LogP contribution in [-0.4, -0.2) is 22.7 Å². The molecule has 21 heavy (non-hydrogen) atoms. The van der Waals surface area contributed by atoms with Gasteiger partial charge >= 0.3 is 0 Å². The summed E-state index contributed by atoms with van der Waals surface area (Å²) in [6.45, 7) is 9.47. The summed E-state index contributed by atoms with van der Waals surface area (Å²) in [5, 5.41) is 1.99. The Bertz CT molecular complexity index is 445. The molecular formula is C15H24N2O3S. The van der Waals surface area contributed by atoms with Crippen molar-refractivity contribution in [2.75, 3.05) is 11.1 Å². The topological polar surface area (TPSA) is 89.3 Å². The molecule has 0 radical (unpaired) electrons. The van der Waals surface area contributed by atoms with Crippen molar-refractivity contribution in [2.24, 2.45) is 5.73 Å². The molecule has 6 heteroatoms. The molecule has 1 aromatic carbocycles. The largest absolute Gasteiger partial charge is 0.361 e. The summed E-state index contributed by atoms with van der Waals surface area (Å²) in [6.07, 6.45) is 0. The van der Waals surface area contributed by atoms with Crippen LogP contribution in [0.5, 0.6) is 0 Å². The molecule has 0 saturated heterocycles. The highest BCUT2D eigenvalue weighted by molar-refractivity contribution is 8.14. The van der Waals surface area contributed by atoms with Gasteiger partial charge in [0.2, 0.25) is 5.91 Å². The van der Waals surface area contributed by atoms with Gasteiger partial charge in [-0.25, -0.2) is 0 Å². The average Bonchev–Trinajstić information content (AvgIpc) is 2.50. The van der Waals surface area contributed by atoms with Gasteiger partial charge in [-0.2, -0.15) is 0 Å². The Balaban J connectivity index is 0. The number of primary amides is 1. The van der Waals surface area contributed by atoms with Crippen LogP contribution in [0.25, 0.3) is 0 Å². The zero-order valence-electron chi connectivity index (χ0n) is 13.2. The maximum Gasteiger partial charge on any atom is 0.276 e. The summed E-state index contributed by atoms with van der Waals surface area (Å²) in [7, 11) is 0. The first-order chi connectivity index (χ1) is 9.99. The standard InChI is InChI=1S/C11H12N2O3S.2C2H6/c1-7(14)8-2-4-9(5-3-8)13-10(15)6-17-11(12)16;2*1-2/h2-5H,6H2,1H3,(H2,12,16)(H,13,15);2*1-2H3. The zero-order chi connectivity index (χ0) is 16.8. The fourth-order valence-electron chi connectivity index (χ4n) is 1.12. The number of thioether (sulfide) groups is 1. The van der Waals surface area contributed by atoms with Crippen molar-refractivity contribution in [3.05, 3.63) is 29.8 Å². The molecule has 2 amide bonds. The zero-order valence-corrected chi connectivity index (χ0v) is 14.0. The first kappa shape index (κ1) is 21.5. The molecule has 5 nitrogen and oxygen atoms in total. The van der Waals surface area contributed by atoms with Gasteiger partial charge in [-0.15, -0.1) is 0 Å². The Labute approximate surface area is 130 Å². The van der Waals surface area contributed by atoms with Crippen LogP contribution in [0.15, 0.2) is 24.3 Å². The van der Waals surface area contributed by atoms with Crippen molar-refractivity contribution in [3.8, 4) is 0 Å². The number of carbonyl (C=O) groups is 3. The molecule has 1 rings (SSSR count). The van der Waals surface area contributed by atoms with E-state index in [4.69, 9.17) is 5.73 Å². The Morgan fingerprint density at radius 3 is 1.90 bits per heavy atom. The number of nitrogens with two attached hydrogens (primary N) is 1. The predicted octanol–water partition coefficient (Wildman–Crippen LogP) is 3.69. The fraction of sp³-hybridized carbons (Fsp3) is 0.400. The highest BCUT2D eigenvalue weighted by Gasteiger charge is 2.05. The third kappa shape index (κ3) is 10.6. The second kappa shape index (κ2) is 13.2. The minimum absolute atomic E-state index is 0.0240. The van der Waals surface area contributed by atoms with E-state index in [2.05, 4.69) is 5.32 Å². The van der Waals surface area contributed by atoms with Crippen molar-refractivity contribution in [2.45, 2.75) is 34.6 Å². The van der Waals surface area contributed by atoms with Crippen LogP contribution in [0.4, 0.5) is 10.5 Å². The number of carbonyl (C=O) groups excluding carboxylic acids is 3. The average molecular weight is 312 g/mol. The van der Waals surface area contributed by atoms with Gasteiger partial charge in [-0.3, -0.25) is 14.4 Å². The third-order valence-corrected chi connectivity index (χ3v) is 2.61. The van der Waals surface area contributed by atoms with E-state index in [-0.39, 0.29) is 17.4 Å². The minimum atomic E-state index is -0.591. The highest BCUT2D eigenvalue weighted by Crippen LogP contribution is 2.10. The first-order valence-corrected chi connectivity index (χ1v) is 7.80. The number of nitrogens with one attached hydrogen (secondary N) is 1. The van der Waals surface area contributed by atoms with Gasteiger partial charge in [0.15, 0.2) is 5.78 Å².